The minimum Gasteiger partial charge on any atom is -0.493 e. The summed E-state index contributed by atoms with van der Waals surface area (Å²) in [5, 5.41) is 9.08. The molecule has 0 fully saturated rings. The molecule has 1 aromatic rings. The third kappa shape index (κ3) is 3.26. The molecule has 1 aliphatic heterocycles. The molecular formula is C15H15NO5. The van der Waals surface area contributed by atoms with Gasteiger partial charge in [-0.25, -0.2) is 4.79 Å². The van der Waals surface area contributed by atoms with Crippen LogP contribution in [0.1, 0.15) is 19.4 Å². The van der Waals surface area contributed by atoms with E-state index >= 15 is 0 Å². The molecule has 0 aromatic heterocycles. The number of nitriles is 1. The highest BCUT2D eigenvalue weighted by atomic mass is 16.7. The van der Waals surface area contributed by atoms with Gasteiger partial charge in [-0.2, -0.15) is 5.26 Å². The number of nitrogens with zero attached hydrogens (tertiary/aromatic N) is 1. The van der Waals surface area contributed by atoms with Crippen LogP contribution in [0.2, 0.25) is 0 Å². The third-order valence-corrected chi connectivity index (χ3v) is 2.67. The van der Waals surface area contributed by atoms with E-state index < -0.39 is 5.97 Å². The van der Waals surface area contributed by atoms with Crippen LogP contribution in [0.3, 0.4) is 0 Å². The summed E-state index contributed by atoms with van der Waals surface area (Å²) in [7, 11) is 1.50. The summed E-state index contributed by atoms with van der Waals surface area (Å²) in [6.07, 6.45) is 1.13. The molecule has 21 heavy (non-hydrogen) atoms. The first-order valence-electron chi connectivity index (χ1n) is 6.35. The predicted molar refractivity (Wildman–Crippen MR) is 73.9 cm³/mol. The van der Waals surface area contributed by atoms with E-state index in [1.165, 1.54) is 13.2 Å². The molecule has 0 saturated heterocycles. The molecule has 1 aromatic carbocycles. The van der Waals surface area contributed by atoms with Gasteiger partial charge in [-0.15, -0.1) is 0 Å². The van der Waals surface area contributed by atoms with Crippen molar-refractivity contribution in [2.24, 2.45) is 0 Å². The molecule has 2 rings (SSSR count). The maximum absolute atomic E-state index is 11.8. The van der Waals surface area contributed by atoms with Gasteiger partial charge in [0.25, 0.3) is 0 Å². The van der Waals surface area contributed by atoms with Crippen LogP contribution in [0.4, 0.5) is 0 Å². The van der Waals surface area contributed by atoms with E-state index in [-0.39, 0.29) is 18.5 Å². The van der Waals surface area contributed by atoms with E-state index in [2.05, 4.69) is 0 Å². The fourth-order valence-corrected chi connectivity index (χ4v) is 1.81. The molecule has 0 saturated carbocycles. The Balaban J connectivity index is 2.35. The summed E-state index contributed by atoms with van der Waals surface area (Å²) >= 11 is 0. The highest BCUT2D eigenvalue weighted by Crippen LogP contribution is 2.42. The quantitative estimate of drug-likeness (QED) is 0.481. The standard InChI is InChI=1S/C15H15NO5/c1-9(2)21-15(17)11(7-16)4-10-5-12(18-3)14-13(6-10)19-8-20-14/h4-6,9H,8H2,1-3H3/b11-4+. The monoisotopic (exact) mass is 289 g/mol. The van der Waals surface area contributed by atoms with Gasteiger partial charge in [0, 0.05) is 0 Å². The topological polar surface area (TPSA) is 77.8 Å². The number of hydrogen-bond acceptors (Lipinski definition) is 6. The average molecular weight is 289 g/mol. The summed E-state index contributed by atoms with van der Waals surface area (Å²) < 4.78 is 20.8. The molecule has 0 radical (unpaired) electrons. The summed E-state index contributed by atoms with van der Waals surface area (Å²) in [6.45, 7) is 3.55. The van der Waals surface area contributed by atoms with Crippen LogP contribution in [-0.2, 0) is 9.53 Å². The van der Waals surface area contributed by atoms with Gasteiger partial charge < -0.3 is 18.9 Å². The fourth-order valence-electron chi connectivity index (χ4n) is 1.81. The van der Waals surface area contributed by atoms with Gasteiger partial charge in [0.1, 0.15) is 11.6 Å². The Kier molecular flexibility index (Phi) is 4.33. The lowest BCUT2D eigenvalue weighted by atomic mass is 10.1. The molecule has 0 amide bonds. The molecule has 1 aliphatic rings. The lowest BCUT2D eigenvalue weighted by Crippen LogP contribution is -2.12. The minimum absolute atomic E-state index is 0.0929. The molecule has 1 heterocycles. The molecule has 0 unspecified atom stereocenters. The Morgan fingerprint density at radius 1 is 1.43 bits per heavy atom. The zero-order valence-corrected chi connectivity index (χ0v) is 12.0. The number of methoxy groups -OCH3 is 1. The second kappa shape index (κ2) is 6.18. The van der Waals surface area contributed by atoms with Gasteiger partial charge in [0.2, 0.25) is 12.5 Å². The van der Waals surface area contributed by atoms with Crippen molar-refractivity contribution in [2.45, 2.75) is 20.0 Å². The SMILES string of the molecule is COc1cc(/C=C(\C#N)C(=O)OC(C)C)cc2c1OCO2. The molecule has 0 spiro atoms. The maximum Gasteiger partial charge on any atom is 0.349 e. The molecule has 6 nitrogen and oxygen atoms in total. The van der Waals surface area contributed by atoms with E-state index in [9.17, 15) is 4.79 Å². The lowest BCUT2D eigenvalue weighted by Gasteiger charge is -2.08. The fraction of sp³-hybridized carbons (Fsp3) is 0.333. The summed E-state index contributed by atoms with van der Waals surface area (Å²) in [5.74, 6) is 0.836. The van der Waals surface area contributed by atoms with Gasteiger partial charge in [-0.05, 0) is 37.6 Å². The Hall–Kier alpha value is -2.68. The second-order valence-electron chi connectivity index (χ2n) is 4.58. The van der Waals surface area contributed by atoms with Crippen LogP contribution in [-0.4, -0.2) is 26.0 Å². The van der Waals surface area contributed by atoms with Gasteiger partial charge in [-0.3, -0.25) is 0 Å². The Bertz CT molecular complexity index is 628. The first-order valence-corrected chi connectivity index (χ1v) is 6.35. The lowest BCUT2D eigenvalue weighted by molar-refractivity contribution is -0.142. The van der Waals surface area contributed by atoms with Crippen molar-refractivity contribution >= 4 is 12.0 Å². The van der Waals surface area contributed by atoms with E-state index in [1.54, 1.807) is 26.0 Å². The normalized spacial score (nSPS) is 13.0. The molecule has 0 atom stereocenters. The molecule has 0 bridgehead atoms. The minimum atomic E-state index is -0.663. The summed E-state index contributed by atoms with van der Waals surface area (Å²) in [4.78, 5) is 11.8. The number of rotatable bonds is 4. The number of benzene rings is 1. The number of fused-ring (bicyclic) bond motifs is 1. The smallest absolute Gasteiger partial charge is 0.349 e. The highest BCUT2D eigenvalue weighted by Gasteiger charge is 2.20. The van der Waals surface area contributed by atoms with Crippen LogP contribution < -0.4 is 14.2 Å². The Labute approximate surface area is 122 Å². The Morgan fingerprint density at radius 2 is 2.19 bits per heavy atom. The van der Waals surface area contributed by atoms with Crippen molar-refractivity contribution < 1.29 is 23.7 Å². The highest BCUT2D eigenvalue weighted by molar-refractivity contribution is 5.98. The van der Waals surface area contributed by atoms with Gasteiger partial charge >= 0.3 is 5.97 Å². The van der Waals surface area contributed by atoms with Crippen molar-refractivity contribution in [1.29, 1.82) is 5.26 Å². The molecule has 0 N–H and O–H groups in total. The first-order chi connectivity index (χ1) is 10.0. The number of carbonyl (C=O) groups is 1. The van der Waals surface area contributed by atoms with Gasteiger partial charge in [0.05, 0.1) is 13.2 Å². The van der Waals surface area contributed by atoms with Crippen molar-refractivity contribution in [3.63, 3.8) is 0 Å². The van der Waals surface area contributed by atoms with E-state index in [0.717, 1.165) is 0 Å². The molecule has 110 valence electrons. The number of hydrogen-bond donors (Lipinski definition) is 0. The number of carbonyl (C=O) groups excluding carboxylic acids is 1. The third-order valence-electron chi connectivity index (χ3n) is 2.67. The van der Waals surface area contributed by atoms with Crippen molar-refractivity contribution in [1.82, 2.24) is 0 Å². The van der Waals surface area contributed by atoms with Crippen LogP contribution in [0, 0.1) is 11.3 Å². The largest absolute Gasteiger partial charge is 0.493 e. The van der Waals surface area contributed by atoms with Crippen LogP contribution >= 0.6 is 0 Å². The average Bonchev–Trinajstić information content (AvgIpc) is 2.91. The summed E-state index contributed by atoms with van der Waals surface area (Å²) in [6, 6.07) is 5.17. The van der Waals surface area contributed by atoms with Gasteiger partial charge in [0.15, 0.2) is 11.5 Å². The van der Waals surface area contributed by atoms with Crippen molar-refractivity contribution in [2.75, 3.05) is 13.9 Å². The zero-order valence-electron chi connectivity index (χ0n) is 12.0. The van der Waals surface area contributed by atoms with E-state index in [0.29, 0.717) is 22.8 Å². The number of esters is 1. The maximum atomic E-state index is 11.8. The predicted octanol–water partition coefficient (Wildman–Crippen LogP) is 2.28. The van der Waals surface area contributed by atoms with Crippen LogP contribution in [0.25, 0.3) is 6.08 Å². The summed E-state index contributed by atoms with van der Waals surface area (Å²) in [5.41, 5.74) is 0.498. The number of ether oxygens (including phenoxy) is 4. The Morgan fingerprint density at radius 3 is 2.81 bits per heavy atom. The molecule has 6 heteroatoms. The first kappa shape index (κ1) is 14.7. The van der Waals surface area contributed by atoms with Gasteiger partial charge in [-0.1, -0.05) is 0 Å². The molecular weight excluding hydrogens is 274 g/mol. The van der Waals surface area contributed by atoms with E-state index in [1.807, 2.05) is 6.07 Å². The van der Waals surface area contributed by atoms with E-state index in [4.69, 9.17) is 24.2 Å². The van der Waals surface area contributed by atoms with Crippen molar-refractivity contribution in [3.8, 4) is 23.3 Å². The van der Waals surface area contributed by atoms with Crippen molar-refractivity contribution in [3.05, 3.63) is 23.3 Å². The zero-order chi connectivity index (χ0) is 15.4. The van der Waals surface area contributed by atoms with Crippen LogP contribution in [0.15, 0.2) is 17.7 Å². The van der Waals surface area contributed by atoms with Crippen LogP contribution in [0.5, 0.6) is 17.2 Å². The molecule has 0 aliphatic carbocycles. The second-order valence-corrected chi connectivity index (χ2v) is 4.58.